The summed E-state index contributed by atoms with van der Waals surface area (Å²) in [5, 5.41) is 0.0265. The van der Waals surface area contributed by atoms with Gasteiger partial charge in [-0.05, 0) is 62.1 Å². The van der Waals surface area contributed by atoms with Gasteiger partial charge in [-0.15, -0.1) is 0 Å². The fraction of sp³-hybridized carbons (Fsp3) is 0.767. The van der Waals surface area contributed by atoms with Crippen LogP contribution in [0, 0.1) is 5.92 Å². The number of hydrogen-bond acceptors (Lipinski definition) is 5. The van der Waals surface area contributed by atoms with Gasteiger partial charge in [-0.1, -0.05) is 71.9 Å². The summed E-state index contributed by atoms with van der Waals surface area (Å²) >= 11 is 0. The second kappa shape index (κ2) is 9.80. The summed E-state index contributed by atoms with van der Waals surface area (Å²) in [7, 11) is -4.43. The molecule has 0 spiro atoms. The van der Waals surface area contributed by atoms with E-state index in [2.05, 4.69) is 84.8 Å². The van der Waals surface area contributed by atoms with Crippen molar-refractivity contribution < 1.29 is 23.1 Å². The molecular weight excluding hydrogens is 511 g/mol. The molecule has 1 aliphatic carbocycles. The maximum absolute atomic E-state index is 14.3. The fourth-order valence-corrected chi connectivity index (χ4v) is 8.19. The maximum atomic E-state index is 14.3. The Morgan fingerprint density at radius 3 is 1.84 bits per heavy atom. The third-order valence-corrected chi connectivity index (χ3v) is 18.7. The van der Waals surface area contributed by atoms with Crippen LogP contribution in [0.4, 0.5) is 0 Å². The molecule has 0 aromatic heterocycles. The number of ether oxygens (including phenoxy) is 2. The van der Waals surface area contributed by atoms with Crippen LogP contribution in [-0.2, 0) is 29.7 Å². The number of amides is 1. The van der Waals surface area contributed by atoms with Crippen LogP contribution in [0.5, 0.6) is 0 Å². The minimum Gasteiger partial charge on any atom is -0.410 e. The summed E-state index contributed by atoms with van der Waals surface area (Å²) < 4.78 is 27.7. The fourth-order valence-electron chi connectivity index (χ4n) is 5.53. The van der Waals surface area contributed by atoms with Crippen LogP contribution in [-0.4, -0.2) is 63.7 Å². The lowest BCUT2D eigenvalue weighted by Crippen LogP contribution is -2.60. The lowest BCUT2D eigenvalue weighted by Gasteiger charge is -2.46. The third-order valence-electron chi connectivity index (χ3n) is 9.75. The summed E-state index contributed by atoms with van der Waals surface area (Å²) in [5.74, 6) is -0.905. The molecule has 2 heterocycles. The van der Waals surface area contributed by atoms with Crippen LogP contribution in [0.1, 0.15) is 67.4 Å². The van der Waals surface area contributed by atoms with E-state index in [1.54, 1.807) is 0 Å². The minimum absolute atomic E-state index is 0.00556. The molecule has 6 atom stereocenters. The Labute approximate surface area is 233 Å². The Morgan fingerprint density at radius 1 is 0.868 bits per heavy atom. The van der Waals surface area contributed by atoms with Gasteiger partial charge in [-0.2, -0.15) is 0 Å². The van der Waals surface area contributed by atoms with E-state index < -0.39 is 22.4 Å². The number of carbonyl (C=O) groups is 1. The molecule has 0 N–H and O–H groups in total. The quantitative estimate of drug-likeness (QED) is 0.361. The van der Waals surface area contributed by atoms with E-state index in [1.807, 2.05) is 32.0 Å². The molecule has 2 bridgehead atoms. The molecule has 3 fully saturated rings. The second-order valence-electron chi connectivity index (χ2n) is 15.1. The number of hydrogen-bond donors (Lipinski definition) is 0. The zero-order valence-corrected chi connectivity index (χ0v) is 27.8. The summed E-state index contributed by atoms with van der Waals surface area (Å²) in [4.78, 5) is 16.3. The van der Waals surface area contributed by atoms with Crippen molar-refractivity contribution >= 4 is 22.5 Å². The molecule has 6 nitrogen and oxygen atoms in total. The van der Waals surface area contributed by atoms with Gasteiger partial charge < -0.3 is 23.2 Å². The molecule has 3 aliphatic rings. The van der Waals surface area contributed by atoms with E-state index in [-0.39, 0.29) is 52.4 Å². The highest BCUT2D eigenvalue weighted by atomic mass is 28.4. The first-order valence-corrected chi connectivity index (χ1v) is 20.1. The number of fused-ring (bicyclic) bond motifs is 3. The molecule has 2 aliphatic heterocycles. The number of benzene rings is 1. The molecule has 2 saturated heterocycles. The number of rotatable bonds is 6. The van der Waals surface area contributed by atoms with Crippen molar-refractivity contribution in [2.24, 2.45) is 5.92 Å². The summed E-state index contributed by atoms with van der Waals surface area (Å²) in [6, 6.07) is 10.2. The molecule has 214 valence electrons. The Hall–Kier alpha value is -1.04. The molecule has 1 saturated carbocycles. The van der Waals surface area contributed by atoms with Crippen molar-refractivity contribution in [1.29, 1.82) is 0 Å². The molecule has 0 unspecified atom stereocenters. The van der Waals surface area contributed by atoms with Crippen molar-refractivity contribution in [2.45, 2.75) is 141 Å². The van der Waals surface area contributed by atoms with Gasteiger partial charge in [0.05, 0.1) is 24.2 Å². The van der Waals surface area contributed by atoms with E-state index in [1.165, 1.54) is 0 Å². The average Bonchev–Trinajstić information content (AvgIpc) is 3.22. The second-order valence-corrected chi connectivity index (χ2v) is 24.6. The van der Waals surface area contributed by atoms with E-state index in [4.69, 9.17) is 18.3 Å². The Balaban J connectivity index is 1.81. The summed E-state index contributed by atoms with van der Waals surface area (Å²) in [6.07, 6.45) is -0.619. The maximum Gasteiger partial charge on any atom is 0.229 e. The molecule has 8 heteroatoms. The number of likely N-dealkylation sites (tertiary alicyclic amines) is 1. The smallest absolute Gasteiger partial charge is 0.229 e. The first kappa shape index (κ1) is 29.9. The normalized spacial score (nSPS) is 31.9. The van der Waals surface area contributed by atoms with E-state index in [0.717, 1.165) is 5.56 Å². The molecule has 1 aromatic rings. The average molecular weight is 562 g/mol. The molecule has 38 heavy (non-hydrogen) atoms. The lowest BCUT2D eigenvalue weighted by atomic mass is 9.95. The van der Waals surface area contributed by atoms with Crippen LogP contribution >= 0.6 is 0 Å². The van der Waals surface area contributed by atoms with Gasteiger partial charge in [-0.3, -0.25) is 4.79 Å². The third kappa shape index (κ3) is 5.59. The number of nitrogens with zero attached hydrogens (tertiary/aromatic N) is 1. The van der Waals surface area contributed by atoms with E-state index in [9.17, 15) is 4.79 Å². The van der Waals surface area contributed by atoms with E-state index in [0.29, 0.717) is 13.0 Å². The van der Waals surface area contributed by atoms with Gasteiger partial charge in [0.25, 0.3) is 0 Å². The van der Waals surface area contributed by atoms with Gasteiger partial charge >= 0.3 is 0 Å². The Bertz CT molecular complexity index is 1010. The highest BCUT2D eigenvalue weighted by molar-refractivity contribution is 6.74. The highest BCUT2D eigenvalue weighted by Gasteiger charge is 2.63. The van der Waals surface area contributed by atoms with Crippen molar-refractivity contribution in [3.05, 3.63) is 35.9 Å². The van der Waals surface area contributed by atoms with Gasteiger partial charge in [0.15, 0.2) is 22.4 Å². The van der Waals surface area contributed by atoms with Gasteiger partial charge in [0, 0.05) is 6.54 Å². The van der Waals surface area contributed by atoms with E-state index >= 15 is 0 Å². The predicted molar refractivity (Wildman–Crippen MR) is 157 cm³/mol. The van der Waals surface area contributed by atoms with Crippen molar-refractivity contribution in [2.75, 3.05) is 0 Å². The van der Waals surface area contributed by atoms with Crippen molar-refractivity contribution in [3.63, 3.8) is 0 Å². The van der Waals surface area contributed by atoms with Crippen LogP contribution in [0.25, 0.3) is 0 Å². The van der Waals surface area contributed by atoms with Crippen LogP contribution < -0.4 is 0 Å². The minimum atomic E-state index is -2.22. The summed E-state index contributed by atoms with van der Waals surface area (Å²) in [5.41, 5.74) is 1.13. The largest absolute Gasteiger partial charge is 0.410 e. The first-order valence-electron chi connectivity index (χ1n) is 14.3. The predicted octanol–water partition coefficient (Wildman–Crippen LogP) is 6.72. The molecule has 0 radical (unpaired) electrons. The highest BCUT2D eigenvalue weighted by Crippen LogP contribution is 2.50. The zero-order valence-electron chi connectivity index (χ0n) is 25.8. The SMILES string of the molecule is CC1(C)O[C@H]2[C@H](O1)[C@H](O[Si](C)(C)C(C)(C)C)[C@@H]1C[C@@H](C(=O)N1Cc1ccccc1)[C@@H]2O[Si](C)(C)C(C)(C)C. The molecular formula is C30H51NO5Si2. The Morgan fingerprint density at radius 2 is 1.34 bits per heavy atom. The topological polar surface area (TPSA) is 57.2 Å². The van der Waals surface area contributed by atoms with Gasteiger partial charge in [0.2, 0.25) is 5.91 Å². The Kier molecular flexibility index (Phi) is 7.72. The summed E-state index contributed by atoms with van der Waals surface area (Å²) in [6.45, 7) is 27.1. The van der Waals surface area contributed by atoms with Gasteiger partial charge in [0.1, 0.15) is 12.2 Å². The molecule has 1 aromatic carbocycles. The molecule has 1 amide bonds. The van der Waals surface area contributed by atoms with Crippen LogP contribution in [0.3, 0.4) is 0 Å². The monoisotopic (exact) mass is 561 g/mol. The van der Waals surface area contributed by atoms with Gasteiger partial charge in [-0.25, -0.2) is 0 Å². The van der Waals surface area contributed by atoms with Crippen LogP contribution in [0.15, 0.2) is 30.3 Å². The molecule has 4 rings (SSSR count). The van der Waals surface area contributed by atoms with Crippen molar-refractivity contribution in [1.82, 2.24) is 4.90 Å². The van der Waals surface area contributed by atoms with Crippen LogP contribution in [0.2, 0.25) is 36.3 Å². The van der Waals surface area contributed by atoms with Crippen molar-refractivity contribution in [3.8, 4) is 0 Å². The standard InChI is InChI=1S/C30H51NO5Si2/c1-28(2,3)37(9,10)35-23-21-18-22(31(27(21)32)19-20-16-14-13-15-17-20)24(36-38(11,12)29(4,5)6)26-25(23)33-30(7,8)34-26/h13-17,21-26H,18-19H2,1-12H3/t21-,22+,23+,24-,25-,26-/m1/s1. The first-order chi connectivity index (χ1) is 17.2. The lowest BCUT2D eigenvalue weighted by molar-refractivity contribution is -0.164. The zero-order chi connectivity index (χ0) is 28.5. The number of carbonyl (C=O) groups excluding carboxylic acids is 1.